The molecule has 0 heterocycles. The van der Waals surface area contributed by atoms with Crippen LogP contribution in [0.4, 0.5) is 10.1 Å². The Hall–Kier alpha value is -1.56. The molecule has 0 radical (unpaired) electrons. The second-order valence-electron chi connectivity index (χ2n) is 6.60. The first kappa shape index (κ1) is 19.8. The maximum absolute atomic E-state index is 12.9. The SMILES string of the molecule is CC(SCC(=O)Nc1ccc(F)cc1)C(=O)N(C)C1CCCCCC1. The van der Waals surface area contributed by atoms with Gasteiger partial charge in [0.2, 0.25) is 11.8 Å². The van der Waals surface area contributed by atoms with Crippen molar-refractivity contribution in [3.05, 3.63) is 30.1 Å². The number of amides is 2. The second-order valence-corrected chi connectivity index (χ2v) is 7.93. The first-order valence-electron chi connectivity index (χ1n) is 8.91. The van der Waals surface area contributed by atoms with E-state index >= 15 is 0 Å². The highest BCUT2D eigenvalue weighted by Gasteiger charge is 2.25. The van der Waals surface area contributed by atoms with Crippen LogP contribution in [0.15, 0.2) is 24.3 Å². The Balaban J connectivity index is 1.77. The molecule has 1 aromatic rings. The van der Waals surface area contributed by atoms with Gasteiger partial charge in [-0.1, -0.05) is 25.7 Å². The number of nitrogens with one attached hydrogen (secondary N) is 1. The van der Waals surface area contributed by atoms with Gasteiger partial charge in [0.05, 0.1) is 11.0 Å². The fourth-order valence-corrected chi connectivity index (χ4v) is 3.90. The number of hydrogen-bond acceptors (Lipinski definition) is 3. The molecule has 1 fully saturated rings. The number of hydrogen-bond donors (Lipinski definition) is 1. The summed E-state index contributed by atoms with van der Waals surface area (Å²) in [5.41, 5.74) is 0.557. The summed E-state index contributed by atoms with van der Waals surface area (Å²) < 4.78 is 12.9. The topological polar surface area (TPSA) is 49.4 Å². The third-order valence-corrected chi connectivity index (χ3v) is 5.79. The lowest BCUT2D eigenvalue weighted by Crippen LogP contribution is -2.41. The van der Waals surface area contributed by atoms with Crippen LogP contribution in [0.25, 0.3) is 0 Å². The van der Waals surface area contributed by atoms with Crippen LogP contribution in [-0.4, -0.2) is 40.8 Å². The standard InChI is InChI=1S/C19H27FN2O2S/c1-14(19(24)22(2)17-7-5-3-4-6-8-17)25-13-18(23)21-16-11-9-15(20)10-12-16/h9-12,14,17H,3-8,13H2,1-2H3,(H,21,23). The molecule has 1 unspecified atom stereocenters. The molecule has 0 spiro atoms. The van der Waals surface area contributed by atoms with E-state index in [1.54, 1.807) is 0 Å². The number of thioether (sulfide) groups is 1. The maximum atomic E-state index is 12.9. The predicted octanol–water partition coefficient (Wildman–Crippen LogP) is 4.07. The molecule has 2 rings (SSSR count). The van der Waals surface area contributed by atoms with E-state index in [1.165, 1.54) is 61.7 Å². The van der Waals surface area contributed by atoms with Crippen LogP contribution in [0.2, 0.25) is 0 Å². The minimum atomic E-state index is -0.340. The summed E-state index contributed by atoms with van der Waals surface area (Å²) in [6.45, 7) is 1.85. The zero-order valence-electron chi connectivity index (χ0n) is 15.0. The monoisotopic (exact) mass is 366 g/mol. The quantitative estimate of drug-likeness (QED) is 0.772. The van der Waals surface area contributed by atoms with E-state index in [-0.39, 0.29) is 28.6 Å². The highest BCUT2D eigenvalue weighted by Crippen LogP contribution is 2.23. The Labute approximate surface area is 153 Å². The van der Waals surface area contributed by atoms with Crippen LogP contribution in [-0.2, 0) is 9.59 Å². The van der Waals surface area contributed by atoms with Crippen molar-refractivity contribution in [1.29, 1.82) is 0 Å². The lowest BCUT2D eigenvalue weighted by atomic mass is 10.1. The molecule has 0 bridgehead atoms. The van der Waals surface area contributed by atoms with Gasteiger partial charge >= 0.3 is 0 Å². The van der Waals surface area contributed by atoms with Gasteiger partial charge in [-0.05, 0) is 44.0 Å². The third-order valence-electron chi connectivity index (χ3n) is 4.66. The highest BCUT2D eigenvalue weighted by atomic mass is 32.2. The van der Waals surface area contributed by atoms with Crippen molar-refractivity contribution < 1.29 is 14.0 Å². The predicted molar refractivity (Wildman–Crippen MR) is 101 cm³/mol. The number of rotatable bonds is 6. The third kappa shape index (κ3) is 6.34. The van der Waals surface area contributed by atoms with Crippen molar-refractivity contribution in [2.24, 2.45) is 0 Å². The molecule has 1 aliphatic carbocycles. The molecule has 1 aromatic carbocycles. The smallest absolute Gasteiger partial charge is 0.235 e. The van der Waals surface area contributed by atoms with Crippen molar-refractivity contribution in [2.45, 2.75) is 56.7 Å². The summed E-state index contributed by atoms with van der Waals surface area (Å²) in [6, 6.07) is 5.97. The number of carbonyl (C=O) groups excluding carboxylic acids is 2. The molecule has 1 saturated carbocycles. The van der Waals surface area contributed by atoms with E-state index in [2.05, 4.69) is 5.32 Å². The zero-order chi connectivity index (χ0) is 18.2. The van der Waals surface area contributed by atoms with Crippen molar-refractivity contribution in [1.82, 2.24) is 4.90 Å². The van der Waals surface area contributed by atoms with Gasteiger partial charge in [0, 0.05) is 18.8 Å². The zero-order valence-corrected chi connectivity index (χ0v) is 15.8. The molecule has 0 aliphatic heterocycles. The van der Waals surface area contributed by atoms with Gasteiger partial charge in [-0.15, -0.1) is 11.8 Å². The van der Waals surface area contributed by atoms with Crippen LogP contribution in [0.3, 0.4) is 0 Å². The Morgan fingerprint density at radius 3 is 2.40 bits per heavy atom. The minimum absolute atomic E-state index is 0.0893. The number of anilines is 1. The number of benzene rings is 1. The molecule has 1 atom stereocenters. The summed E-state index contributed by atoms with van der Waals surface area (Å²) in [6.07, 6.45) is 7.03. The van der Waals surface area contributed by atoms with Gasteiger partial charge in [-0.3, -0.25) is 9.59 Å². The molecule has 4 nitrogen and oxygen atoms in total. The largest absolute Gasteiger partial charge is 0.342 e. The van der Waals surface area contributed by atoms with Crippen LogP contribution in [0, 0.1) is 5.82 Å². The van der Waals surface area contributed by atoms with Gasteiger partial charge in [-0.2, -0.15) is 0 Å². The summed E-state index contributed by atoms with van der Waals surface area (Å²) in [7, 11) is 1.88. The summed E-state index contributed by atoms with van der Waals surface area (Å²) >= 11 is 1.34. The van der Waals surface area contributed by atoms with Gasteiger partial charge < -0.3 is 10.2 Å². The summed E-state index contributed by atoms with van der Waals surface area (Å²) in [4.78, 5) is 26.5. The van der Waals surface area contributed by atoms with Crippen molar-refractivity contribution in [3.63, 3.8) is 0 Å². The number of carbonyl (C=O) groups is 2. The van der Waals surface area contributed by atoms with Gasteiger partial charge in [0.1, 0.15) is 5.82 Å². The first-order valence-corrected chi connectivity index (χ1v) is 9.96. The second kappa shape index (κ2) is 9.80. The lowest BCUT2D eigenvalue weighted by molar-refractivity contribution is -0.131. The number of nitrogens with zero attached hydrogens (tertiary/aromatic N) is 1. The first-order chi connectivity index (χ1) is 12.0. The molecule has 0 aromatic heterocycles. The average Bonchev–Trinajstić information content (AvgIpc) is 2.89. The molecule has 0 saturated heterocycles. The van der Waals surface area contributed by atoms with Crippen LogP contribution in [0.1, 0.15) is 45.4 Å². The Kier molecular flexibility index (Phi) is 7.75. The molecular weight excluding hydrogens is 339 g/mol. The maximum Gasteiger partial charge on any atom is 0.235 e. The number of halogens is 1. The Morgan fingerprint density at radius 1 is 1.20 bits per heavy atom. The van der Waals surface area contributed by atoms with Gasteiger partial charge in [-0.25, -0.2) is 4.39 Å². The molecule has 138 valence electrons. The Morgan fingerprint density at radius 2 is 1.80 bits per heavy atom. The van der Waals surface area contributed by atoms with E-state index in [0.29, 0.717) is 11.7 Å². The van der Waals surface area contributed by atoms with Gasteiger partial charge in [0.15, 0.2) is 0 Å². The van der Waals surface area contributed by atoms with Crippen molar-refractivity contribution in [2.75, 3.05) is 18.1 Å². The molecule has 2 amide bonds. The van der Waals surface area contributed by atoms with Crippen molar-refractivity contribution in [3.8, 4) is 0 Å². The molecular formula is C19H27FN2O2S. The van der Waals surface area contributed by atoms with Crippen LogP contribution in [0.5, 0.6) is 0 Å². The fourth-order valence-electron chi connectivity index (χ4n) is 3.11. The lowest BCUT2D eigenvalue weighted by Gasteiger charge is -2.29. The van der Waals surface area contributed by atoms with E-state index in [1.807, 2.05) is 18.9 Å². The molecule has 1 aliphatic rings. The van der Waals surface area contributed by atoms with Crippen LogP contribution < -0.4 is 5.32 Å². The van der Waals surface area contributed by atoms with Gasteiger partial charge in [0.25, 0.3) is 0 Å². The molecule has 25 heavy (non-hydrogen) atoms. The minimum Gasteiger partial charge on any atom is -0.342 e. The average molecular weight is 367 g/mol. The fraction of sp³-hybridized carbons (Fsp3) is 0.579. The van der Waals surface area contributed by atoms with Crippen LogP contribution >= 0.6 is 11.8 Å². The Bertz CT molecular complexity index is 571. The van der Waals surface area contributed by atoms with E-state index in [9.17, 15) is 14.0 Å². The van der Waals surface area contributed by atoms with Crippen molar-refractivity contribution >= 4 is 29.3 Å². The molecule has 6 heteroatoms. The van der Waals surface area contributed by atoms with E-state index < -0.39 is 0 Å². The summed E-state index contributed by atoms with van der Waals surface area (Å²) in [5.74, 6) is -0.240. The summed E-state index contributed by atoms with van der Waals surface area (Å²) in [5, 5.41) is 2.46. The van der Waals surface area contributed by atoms with E-state index in [0.717, 1.165) is 12.8 Å². The normalized spacial score (nSPS) is 16.8. The highest BCUT2D eigenvalue weighted by molar-refractivity contribution is 8.01. The molecule has 1 N–H and O–H groups in total. The van der Waals surface area contributed by atoms with E-state index in [4.69, 9.17) is 0 Å².